The Balaban J connectivity index is 1.38. The van der Waals surface area contributed by atoms with Crippen LogP contribution in [0.15, 0.2) is 23.1 Å². The SMILES string of the molecule is CC1(C)C2CC=C(/C=N/Nc3nc(N)c4ncn(C5OC(CO)C(O)C5O)c4n3)C1C2. The number of aliphatic hydroxyl groups excluding tert-OH is 3. The predicted octanol–water partition coefficient (Wildman–Crippen LogP) is 0.410. The molecule has 6 rings (SSSR count). The van der Waals surface area contributed by atoms with E-state index in [-0.39, 0.29) is 11.8 Å². The minimum Gasteiger partial charge on any atom is -0.394 e. The van der Waals surface area contributed by atoms with Crippen molar-refractivity contribution < 1.29 is 20.1 Å². The van der Waals surface area contributed by atoms with Crippen LogP contribution in [0.2, 0.25) is 0 Å². The van der Waals surface area contributed by atoms with Gasteiger partial charge in [0.15, 0.2) is 17.7 Å². The molecule has 166 valence electrons. The Morgan fingerprint density at radius 3 is 2.84 bits per heavy atom. The zero-order chi connectivity index (χ0) is 21.9. The van der Waals surface area contributed by atoms with E-state index in [1.807, 2.05) is 6.21 Å². The number of aliphatic hydroxyl groups is 3. The smallest absolute Gasteiger partial charge is 0.247 e. The van der Waals surface area contributed by atoms with Crippen LogP contribution >= 0.6 is 0 Å². The molecular weight excluding hydrogens is 402 g/mol. The summed E-state index contributed by atoms with van der Waals surface area (Å²) in [6.45, 7) is 4.18. The summed E-state index contributed by atoms with van der Waals surface area (Å²) in [5.74, 6) is 1.59. The maximum absolute atomic E-state index is 10.3. The third-order valence-corrected chi connectivity index (χ3v) is 7.13. The fraction of sp³-hybridized carbons (Fsp3) is 0.600. The Bertz CT molecular complexity index is 1070. The van der Waals surface area contributed by atoms with Gasteiger partial charge in [0.2, 0.25) is 5.95 Å². The highest BCUT2D eigenvalue weighted by molar-refractivity contribution is 5.83. The molecule has 11 nitrogen and oxygen atoms in total. The standard InChI is InChI=1S/C20H27N7O4/c1-20(2)10-4-3-9(11(20)5-10)6-23-26-19-24-16(21)13-17(25-19)27(8-22-13)18-15(30)14(29)12(7-28)31-18/h3,6,8,10-12,14-15,18,28-30H,4-5,7H2,1-2H3,(H3,21,24,25,26)/b23-6+. The van der Waals surface area contributed by atoms with Crippen molar-refractivity contribution in [3.05, 3.63) is 18.0 Å². The third-order valence-electron chi connectivity index (χ3n) is 7.13. The van der Waals surface area contributed by atoms with Gasteiger partial charge in [0, 0.05) is 0 Å². The first kappa shape index (κ1) is 20.3. The molecule has 3 aliphatic carbocycles. The highest BCUT2D eigenvalue weighted by Gasteiger charge is 2.50. The maximum atomic E-state index is 10.3. The number of nitrogens with zero attached hydrogens (tertiary/aromatic N) is 5. The molecule has 11 heteroatoms. The van der Waals surface area contributed by atoms with Crippen molar-refractivity contribution in [1.29, 1.82) is 0 Å². The van der Waals surface area contributed by atoms with Gasteiger partial charge in [0.25, 0.3) is 0 Å². The molecule has 2 fully saturated rings. The minimum absolute atomic E-state index is 0.146. The van der Waals surface area contributed by atoms with Gasteiger partial charge in [-0.25, -0.2) is 10.4 Å². The first-order chi connectivity index (χ1) is 14.8. The number of nitrogens with two attached hydrogens (primary N) is 1. The average Bonchev–Trinajstić information content (AvgIpc) is 3.29. The Morgan fingerprint density at radius 1 is 1.35 bits per heavy atom. The van der Waals surface area contributed by atoms with Crippen LogP contribution in [0.1, 0.15) is 32.9 Å². The van der Waals surface area contributed by atoms with E-state index in [9.17, 15) is 15.3 Å². The van der Waals surface area contributed by atoms with E-state index < -0.39 is 31.1 Å². The molecule has 6 unspecified atom stereocenters. The molecule has 2 bridgehead atoms. The number of fused-ring (bicyclic) bond motifs is 2. The third kappa shape index (κ3) is 3.11. The Kier molecular flexibility index (Phi) is 4.74. The number of imidazole rings is 1. The van der Waals surface area contributed by atoms with Crippen molar-refractivity contribution in [2.24, 2.45) is 22.4 Å². The number of anilines is 2. The van der Waals surface area contributed by atoms with Crippen LogP contribution in [-0.2, 0) is 4.74 Å². The lowest BCUT2D eigenvalue weighted by Gasteiger charge is -2.55. The second kappa shape index (κ2) is 7.23. The topological polar surface area (TPSA) is 164 Å². The number of hydrogen-bond acceptors (Lipinski definition) is 10. The number of hydrogen-bond donors (Lipinski definition) is 5. The van der Waals surface area contributed by atoms with Crippen LogP contribution in [-0.4, -0.2) is 66.0 Å². The molecule has 4 aliphatic rings. The fourth-order valence-electron chi connectivity index (χ4n) is 4.99. The van der Waals surface area contributed by atoms with Gasteiger partial charge < -0.3 is 25.8 Å². The van der Waals surface area contributed by atoms with E-state index in [1.165, 1.54) is 22.9 Å². The van der Waals surface area contributed by atoms with Crippen LogP contribution in [0, 0.1) is 17.3 Å². The van der Waals surface area contributed by atoms with Crippen molar-refractivity contribution in [3.8, 4) is 0 Å². The minimum atomic E-state index is -1.26. The summed E-state index contributed by atoms with van der Waals surface area (Å²) < 4.78 is 7.04. The number of ether oxygens (including phenoxy) is 1. The number of nitrogen functional groups attached to an aromatic ring is 1. The lowest BCUT2D eigenvalue weighted by Crippen LogP contribution is -2.48. The van der Waals surface area contributed by atoms with E-state index in [2.05, 4.69) is 45.4 Å². The molecule has 1 aliphatic heterocycles. The van der Waals surface area contributed by atoms with Crippen LogP contribution in [0.5, 0.6) is 0 Å². The highest BCUT2D eigenvalue weighted by atomic mass is 16.6. The number of nitrogens with one attached hydrogen (secondary N) is 1. The monoisotopic (exact) mass is 429 g/mol. The van der Waals surface area contributed by atoms with Crippen molar-refractivity contribution in [2.45, 2.75) is 51.2 Å². The van der Waals surface area contributed by atoms with E-state index in [0.717, 1.165) is 12.3 Å². The van der Waals surface area contributed by atoms with Gasteiger partial charge in [-0.3, -0.25) is 4.57 Å². The normalized spacial score (nSPS) is 34.2. The van der Waals surface area contributed by atoms with Gasteiger partial charge in [0.1, 0.15) is 23.8 Å². The van der Waals surface area contributed by atoms with Crippen molar-refractivity contribution in [3.63, 3.8) is 0 Å². The zero-order valence-corrected chi connectivity index (χ0v) is 17.4. The number of hydrazone groups is 1. The van der Waals surface area contributed by atoms with Crippen molar-refractivity contribution in [1.82, 2.24) is 19.5 Å². The average molecular weight is 429 g/mol. The van der Waals surface area contributed by atoms with Crippen LogP contribution in [0.25, 0.3) is 11.2 Å². The van der Waals surface area contributed by atoms with Crippen LogP contribution in [0.3, 0.4) is 0 Å². The van der Waals surface area contributed by atoms with Gasteiger partial charge in [0.05, 0.1) is 19.1 Å². The van der Waals surface area contributed by atoms with Crippen LogP contribution in [0.4, 0.5) is 11.8 Å². The Hall–Kier alpha value is -2.60. The van der Waals surface area contributed by atoms with Crippen LogP contribution < -0.4 is 11.2 Å². The summed E-state index contributed by atoms with van der Waals surface area (Å²) in [7, 11) is 0. The number of aromatic nitrogens is 4. The molecule has 6 N–H and O–H groups in total. The Morgan fingerprint density at radius 2 is 2.16 bits per heavy atom. The molecule has 2 aromatic heterocycles. The first-order valence-electron chi connectivity index (χ1n) is 10.4. The molecule has 0 radical (unpaired) electrons. The molecule has 0 aromatic carbocycles. The highest BCUT2D eigenvalue weighted by Crippen LogP contribution is 2.58. The van der Waals surface area contributed by atoms with E-state index in [0.29, 0.717) is 22.5 Å². The lowest BCUT2D eigenvalue weighted by molar-refractivity contribution is -0.0511. The number of rotatable bonds is 5. The second-order valence-corrected chi connectivity index (χ2v) is 9.10. The molecule has 6 atom stereocenters. The zero-order valence-electron chi connectivity index (χ0n) is 17.4. The second-order valence-electron chi connectivity index (χ2n) is 9.10. The molecular formula is C20H27N7O4. The number of allylic oxidation sites excluding steroid dienone is 2. The van der Waals surface area contributed by atoms with Gasteiger partial charge in [-0.2, -0.15) is 15.1 Å². The molecule has 31 heavy (non-hydrogen) atoms. The first-order valence-corrected chi connectivity index (χ1v) is 10.4. The van der Waals surface area contributed by atoms with Gasteiger partial charge >= 0.3 is 0 Å². The van der Waals surface area contributed by atoms with E-state index >= 15 is 0 Å². The quantitative estimate of drug-likeness (QED) is 0.334. The summed E-state index contributed by atoms with van der Waals surface area (Å²) in [6.07, 6.45) is 3.38. The molecule has 1 saturated carbocycles. The summed E-state index contributed by atoms with van der Waals surface area (Å²) >= 11 is 0. The van der Waals surface area contributed by atoms with Crippen molar-refractivity contribution in [2.75, 3.05) is 17.8 Å². The summed E-state index contributed by atoms with van der Waals surface area (Å²) in [5.41, 5.74) is 11.0. The molecule has 3 heterocycles. The molecule has 2 aromatic rings. The fourth-order valence-corrected chi connectivity index (χ4v) is 4.99. The van der Waals surface area contributed by atoms with Crippen molar-refractivity contribution >= 4 is 29.1 Å². The van der Waals surface area contributed by atoms with E-state index in [4.69, 9.17) is 10.5 Å². The summed E-state index contributed by atoms with van der Waals surface area (Å²) in [5, 5.41) is 34.0. The van der Waals surface area contributed by atoms with E-state index in [1.54, 1.807) is 0 Å². The van der Waals surface area contributed by atoms with Gasteiger partial charge in [-0.1, -0.05) is 19.9 Å². The Labute approximate surface area is 178 Å². The molecule has 1 saturated heterocycles. The summed E-state index contributed by atoms with van der Waals surface area (Å²) in [6, 6.07) is 0. The predicted molar refractivity (Wildman–Crippen MR) is 113 cm³/mol. The lowest BCUT2D eigenvalue weighted by atomic mass is 9.49. The van der Waals surface area contributed by atoms with Gasteiger partial charge in [-0.05, 0) is 35.7 Å². The molecule has 0 spiro atoms. The largest absolute Gasteiger partial charge is 0.394 e. The van der Waals surface area contributed by atoms with Gasteiger partial charge in [-0.15, -0.1) is 0 Å². The maximum Gasteiger partial charge on any atom is 0.247 e. The molecule has 0 amide bonds. The summed E-state index contributed by atoms with van der Waals surface area (Å²) in [4.78, 5) is 12.8.